The van der Waals surface area contributed by atoms with Crippen LogP contribution in [-0.4, -0.2) is 11.7 Å². The summed E-state index contributed by atoms with van der Waals surface area (Å²) in [4.78, 5) is 0. The molecule has 1 aliphatic rings. The maximum Gasteiger partial charge on any atom is 0.273 e. The van der Waals surface area contributed by atoms with Gasteiger partial charge in [0, 0.05) is 17.4 Å². The molecular formula is C13H16F2O. The summed E-state index contributed by atoms with van der Waals surface area (Å²) >= 11 is 0. The van der Waals surface area contributed by atoms with Crippen molar-refractivity contribution in [2.24, 2.45) is 0 Å². The highest BCUT2D eigenvalue weighted by Crippen LogP contribution is 2.48. The Morgan fingerprint density at radius 1 is 1.25 bits per heavy atom. The zero-order valence-corrected chi connectivity index (χ0v) is 9.34. The molecule has 88 valence electrons. The van der Waals surface area contributed by atoms with Crippen LogP contribution in [-0.2, 0) is 11.3 Å². The highest BCUT2D eigenvalue weighted by molar-refractivity contribution is 5.35. The Kier molecular flexibility index (Phi) is 2.74. The zero-order chi connectivity index (χ0) is 11.8. The van der Waals surface area contributed by atoms with Crippen molar-refractivity contribution in [3.8, 4) is 0 Å². The van der Waals surface area contributed by atoms with Crippen molar-refractivity contribution in [1.29, 1.82) is 0 Å². The number of hydrogen-bond acceptors (Lipinski definition) is 1. The Morgan fingerprint density at radius 3 is 2.19 bits per heavy atom. The van der Waals surface area contributed by atoms with Crippen LogP contribution in [0.15, 0.2) is 24.3 Å². The monoisotopic (exact) mass is 226 g/mol. The molecule has 3 heteroatoms. The molecule has 2 rings (SSSR count). The van der Waals surface area contributed by atoms with Crippen molar-refractivity contribution < 1.29 is 13.9 Å². The fourth-order valence-electron chi connectivity index (χ4n) is 1.96. The van der Waals surface area contributed by atoms with Crippen LogP contribution in [0.1, 0.15) is 37.3 Å². The predicted octanol–water partition coefficient (Wildman–Crippen LogP) is 3.21. The molecule has 16 heavy (non-hydrogen) atoms. The highest BCUT2D eigenvalue weighted by atomic mass is 19.3. The first kappa shape index (κ1) is 11.5. The Morgan fingerprint density at radius 2 is 1.81 bits per heavy atom. The molecule has 0 bridgehead atoms. The third-order valence-corrected chi connectivity index (χ3v) is 3.52. The second-order valence-electron chi connectivity index (χ2n) is 4.57. The minimum absolute atomic E-state index is 0.0625. The minimum atomic E-state index is -2.74. The van der Waals surface area contributed by atoms with E-state index in [2.05, 4.69) is 0 Å². The quantitative estimate of drug-likeness (QED) is 0.835. The molecule has 0 spiro atoms. The zero-order valence-electron chi connectivity index (χ0n) is 9.34. The Balaban J connectivity index is 2.23. The molecule has 1 saturated carbocycles. The van der Waals surface area contributed by atoms with E-state index >= 15 is 0 Å². The molecule has 0 radical (unpaired) electrons. The van der Waals surface area contributed by atoms with E-state index in [0.29, 0.717) is 0 Å². The van der Waals surface area contributed by atoms with Crippen LogP contribution in [0.25, 0.3) is 0 Å². The molecule has 1 nitrogen and oxygen atoms in total. The fraction of sp³-hybridized carbons (Fsp3) is 0.538. The minimum Gasteiger partial charge on any atom is -0.395 e. The summed E-state index contributed by atoms with van der Waals surface area (Å²) in [7, 11) is 0. The average Bonchev–Trinajstić information content (AvgIpc) is 3.10. The molecule has 0 atom stereocenters. The largest absolute Gasteiger partial charge is 0.395 e. The fourth-order valence-corrected chi connectivity index (χ4v) is 1.96. The highest BCUT2D eigenvalue weighted by Gasteiger charge is 2.43. The first-order chi connectivity index (χ1) is 7.54. The number of aliphatic hydroxyl groups excluding tert-OH is 1. The smallest absolute Gasteiger partial charge is 0.273 e. The third kappa shape index (κ3) is 1.84. The molecule has 0 amide bonds. The Bertz CT molecular complexity index is 341. The summed E-state index contributed by atoms with van der Waals surface area (Å²) in [6, 6.07) is 6.41. The topological polar surface area (TPSA) is 20.2 Å². The molecule has 0 saturated heterocycles. The van der Waals surface area contributed by atoms with Gasteiger partial charge in [0.15, 0.2) is 0 Å². The third-order valence-electron chi connectivity index (χ3n) is 3.52. The van der Waals surface area contributed by atoms with Gasteiger partial charge in [-0.3, -0.25) is 0 Å². The van der Waals surface area contributed by atoms with E-state index in [1.165, 1.54) is 19.1 Å². The number of halogens is 2. The second-order valence-corrected chi connectivity index (χ2v) is 4.57. The van der Waals surface area contributed by atoms with Gasteiger partial charge in [0.25, 0.3) is 5.92 Å². The summed E-state index contributed by atoms with van der Waals surface area (Å²) in [5.41, 5.74) is 0.901. The summed E-state index contributed by atoms with van der Waals surface area (Å²) < 4.78 is 26.7. The summed E-state index contributed by atoms with van der Waals surface area (Å²) in [6.45, 7) is 1.58. The maximum absolute atomic E-state index is 13.4. The van der Waals surface area contributed by atoms with Gasteiger partial charge in [0.05, 0.1) is 6.61 Å². The van der Waals surface area contributed by atoms with Crippen molar-refractivity contribution in [3.05, 3.63) is 35.4 Å². The van der Waals surface area contributed by atoms with Crippen LogP contribution in [0, 0.1) is 0 Å². The predicted molar refractivity (Wildman–Crippen MR) is 58.6 cm³/mol. The maximum atomic E-state index is 13.4. The van der Waals surface area contributed by atoms with Crippen molar-refractivity contribution in [2.75, 3.05) is 6.61 Å². The summed E-state index contributed by atoms with van der Waals surface area (Å²) in [6.07, 6.45) is 1.72. The molecule has 0 heterocycles. The standard InChI is InChI=1S/C13H16F2O/c1-2-13(14,15)11-5-3-10(4-6-11)12(9-16)7-8-12/h3-6,16H,2,7-9H2,1H3. The van der Waals surface area contributed by atoms with Gasteiger partial charge < -0.3 is 5.11 Å². The van der Waals surface area contributed by atoms with E-state index in [1.807, 2.05) is 0 Å². The van der Waals surface area contributed by atoms with Gasteiger partial charge in [-0.15, -0.1) is 0 Å². The van der Waals surface area contributed by atoms with Gasteiger partial charge in [-0.2, -0.15) is 0 Å². The van der Waals surface area contributed by atoms with Gasteiger partial charge in [0.1, 0.15) is 0 Å². The van der Waals surface area contributed by atoms with Gasteiger partial charge >= 0.3 is 0 Å². The lowest BCUT2D eigenvalue weighted by Crippen LogP contribution is -2.14. The Labute approximate surface area is 94.1 Å². The summed E-state index contributed by atoms with van der Waals surface area (Å²) in [5.74, 6) is -2.74. The number of rotatable bonds is 4. The molecular weight excluding hydrogens is 210 g/mol. The van der Waals surface area contributed by atoms with Crippen LogP contribution >= 0.6 is 0 Å². The molecule has 1 aromatic carbocycles. The molecule has 1 N–H and O–H groups in total. The van der Waals surface area contributed by atoms with Crippen molar-refractivity contribution in [1.82, 2.24) is 0 Å². The Hall–Kier alpha value is -0.960. The lowest BCUT2D eigenvalue weighted by Gasteiger charge is -2.17. The molecule has 1 aliphatic carbocycles. The van der Waals surface area contributed by atoms with E-state index in [9.17, 15) is 13.9 Å². The van der Waals surface area contributed by atoms with E-state index in [-0.39, 0.29) is 24.0 Å². The van der Waals surface area contributed by atoms with E-state index in [4.69, 9.17) is 0 Å². The molecule has 0 aliphatic heterocycles. The van der Waals surface area contributed by atoms with E-state index < -0.39 is 5.92 Å². The normalized spacial score (nSPS) is 18.5. The number of aliphatic hydroxyl groups is 1. The first-order valence-corrected chi connectivity index (χ1v) is 5.64. The van der Waals surface area contributed by atoms with Gasteiger partial charge in [-0.25, -0.2) is 8.78 Å². The number of benzene rings is 1. The first-order valence-electron chi connectivity index (χ1n) is 5.64. The molecule has 1 fully saturated rings. The average molecular weight is 226 g/mol. The van der Waals surface area contributed by atoms with Crippen LogP contribution < -0.4 is 0 Å². The second kappa shape index (κ2) is 3.81. The number of alkyl halides is 2. The van der Waals surface area contributed by atoms with Crippen LogP contribution in [0.5, 0.6) is 0 Å². The number of hydrogen-bond donors (Lipinski definition) is 1. The van der Waals surface area contributed by atoms with Gasteiger partial charge in [-0.1, -0.05) is 31.2 Å². The van der Waals surface area contributed by atoms with Crippen molar-refractivity contribution in [2.45, 2.75) is 37.5 Å². The van der Waals surface area contributed by atoms with Crippen LogP contribution in [0.2, 0.25) is 0 Å². The van der Waals surface area contributed by atoms with Crippen molar-refractivity contribution >= 4 is 0 Å². The summed E-state index contributed by atoms with van der Waals surface area (Å²) in [5, 5.41) is 9.24. The van der Waals surface area contributed by atoms with Crippen LogP contribution in [0.4, 0.5) is 8.78 Å². The van der Waals surface area contributed by atoms with Crippen molar-refractivity contribution in [3.63, 3.8) is 0 Å². The lowest BCUT2D eigenvalue weighted by molar-refractivity contribution is -0.00830. The SMILES string of the molecule is CCC(F)(F)c1ccc(C2(CO)CC2)cc1. The van der Waals surface area contributed by atoms with Gasteiger partial charge in [-0.05, 0) is 18.4 Å². The molecule has 1 aromatic rings. The van der Waals surface area contributed by atoms with E-state index in [1.54, 1.807) is 12.1 Å². The molecule has 0 unspecified atom stereocenters. The van der Waals surface area contributed by atoms with Crippen LogP contribution in [0.3, 0.4) is 0 Å². The molecule has 0 aromatic heterocycles. The van der Waals surface area contributed by atoms with Gasteiger partial charge in [0.2, 0.25) is 0 Å². The lowest BCUT2D eigenvalue weighted by atomic mass is 9.94. The van der Waals surface area contributed by atoms with E-state index in [0.717, 1.165) is 18.4 Å².